The van der Waals surface area contributed by atoms with Gasteiger partial charge >= 0.3 is 0 Å². The normalized spacial score (nSPS) is 13.9. The molecule has 70 valence electrons. The average molecular weight is 181 g/mol. The third-order valence-corrected chi connectivity index (χ3v) is 1.83. The molecule has 0 amide bonds. The van der Waals surface area contributed by atoms with Crippen molar-refractivity contribution >= 4 is 5.69 Å². The molecule has 1 aliphatic heterocycles. The molecule has 0 unspecified atom stereocenters. The van der Waals surface area contributed by atoms with Crippen molar-refractivity contribution in [3.8, 4) is 11.5 Å². The molecule has 0 bridgehead atoms. The first-order valence-corrected chi connectivity index (χ1v) is 4.14. The van der Waals surface area contributed by atoms with E-state index in [-0.39, 0.29) is 6.73 Å². The van der Waals surface area contributed by atoms with E-state index in [0.29, 0.717) is 13.2 Å². The number of benzene rings is 1. The van der Waals surface area contributed by atoms with Gasteiger partial charge in [0.25, 0.3) is 0 Å². The fourth-order valence-corrected chi connectivity index (χ4v) is 1.24. The molecule has 0 saturated carbocycles. The van der Waals surface area contributed by atoms with Crippen molar-refractivity contribution in [2.45, 2.75) is 0 Å². The van der Waals surface area contributed by atoms with Crippen LogP contribution in [0.1, 0.15) is 0 Å². The zero-order valence-corrected chi connectivity index (χ0v) is 7.12. The first-order valence-electron chi connectivity index (χ1n) is 4.14. The highest BCUT2D eigenvalue weighted by Gasteiger charge is 2.10. The standard InChI is InChI=1S/C9H11NO3/c11-6-10-7-1-2-8-9(5-7)13-4-3-12-8/h1-2,5,10-11H,3-4,6H2. The van der Waals surface area contributed by atoms with Crippen LogP contribution in [0.2, 0.25) is 0 Å². The molecule has 1 aromatic carbocycles. The summed E-state index contributed by atoms with van der Waals surface area (Å²) in [6.07, 6.45) is 0. The fraction of sp³-hybridized carbons (Fsp3) is 0.333. The van der Waals surface area contributed by atoms with E-state index in [9.17, 15) is 0 Å². The van der Waals surface area contributed by atoms with Crippen LogP contribution in [0.4, 0.5) is 5.69 Å². The van der Waals surface area contributed by atoms with E-state index in [1.54, 1.807) is 0 Å². The van der Waals surface area contributed by atoms with Gasteiger partial charge in [-0.2, -0.15) is 0 Å². The average Bonchev–Trinajstić information content (AvgIpc) is 2.18. The summed E-state index contributed by atoms with van der Waals surface area (Å²) in [7, 11) is 0. The van der Waals surface area contributed by atoms with E-state index in [2.05, 4.69) is 5.32 Å². The lowest BCUT2D eigenvalue weighted by Gasteiger charge is -2.18. The summed E-state index contributed by atoms with van der Waals surface area (Å²) >= 11 is 0. The number of anilines is 1. The largest absolute Gasteiger partial charge is 0.486 e. The van der Waals surface area contributed by atoms with E-state index in [0.717, 1.165) is 17.2 Å². The summed E-state index contributed by atoms with van der Waals surface area (Å²) in [6.45, 7) is 1.09. The summed E-state index contributed by atoms with van der Waals surface area (Å²) in [5.41, 5.74) is 0.826. The quantitative estimate of drug-likeness (QED) is 0.663. The molecule has 13 heavy (non-hydrogen) atoms. The third-order valence-electron chi connectivity index (χ3n) is 1.83. The Morgan fingerprint density at radius 1 is 1.23 bits per heavy atom. The maximum atomic E-state index is 8.64. The number of ether oxygens (including phenoxy) is 2. The second-order valence-electron chi connectivity index (χ2n) is 2.69. The molecule has 0 radical (unpaired) electrons. The van der Waals surface area contributed by atoms with Crippen molar-refractivity contribution in [1.29, 1.82) is 0 Å². The monoisotopic (exact) mass is 181 g/mol. The van der Waals surface area contributed by atoms with Crippen LogP contribution in [0, 0.1) is 0 Å². The minimum atomic E-state index is -0.0837. The maximum absolute atomic E-state index is 8.64. The molecular formula is C9H11NO3. The number of aliphatic hydroxyl groups excluding tert-OH is 1. The van der Waals surface area contributed by atoms with Gasteiger partial charge in [0.1, 0.15) is 19.9 Å². The summed E-state index contributed by atoms with van der Waals surface area (Å²) in [5, 5.41) is 11.4. The van der Waals surface area contributed by atoms with Crippen LogP contribution < -0.4 is 14.8 Å². The minimum Gasteiger partial charge on any atom is -0.486 e. The summed E-state index contributed by atoms with van der Waals surface area (Å²) < 4.78 is 10.7. The Bertz CT molecular complexity index is 301. The van der Waals surface area contributed by atoms with Crippen LogP contribution in [0.3, 0.4) is 0 Å². The van der Waals surface area contributed by atoms with Crippen LogP contribution in [0.25, 0.3) is 0 Å². The Morgan fingerprint density at radius 2 is 2.00 bits per heavy atom. The van der Waals surface area contributed by atoms with Gasteiger partial charge in [-0.25, -0.2) is 0 Å². The third kappa shape index (κ3) is 1.67. The number of nitrogens with one attached hydrogen (secondary N) is 1. The topological polar surface area (TPSA) is 50.7 Å². The SMILES string of the molecule is OCNc1ccc2c(c1)OCCO2. The number of fused-ring (bicyclic) bond motifs is 1. The number of aliphatic hydroxyl groups is 1. The Labute approximate surface area is 76.1 Å². The lowest BCUT2D eigenvalue weighted by molar-refractivity contribution is 0.171. The van der Waals surface area contributed by atoms with Gasteiger partial charge in [0.05, 0.1) is 0 Å². The zero-order chi connectivity index (χ0) is 9.10. The summed E-state index contributed by atoms with van der Waals surface area (Å²) in [5.74, 6) is 1.49. The molecule has 4 heteroatoms. The summed E-state index contributed by atoms with van der Waals surface area (Å²) in [4.78, 5) is 0. The van der Waals surface area contributed by atoms with Crippen LogP contribution >= 0.6 is 0 Å². The van der Waals surface area contributed by atoms with Crippen LogP contribution in [-0.4, -0.2) is 25.1 Å². The highest BCUT2D eigenvalue weighted by atomic mass is 16.6. The molecule has 1 aliphatic rings. The van der Waals surface area contributed by atoms with Gasteiger partial charge in [-0.3, -0.25) is 0 Å². The van der Waals surface area contributed by atoms with Crippen molar-refractivity contribution in [2.24, 2.45) is 0 Å². The highest BCUT2D eigenvalue weighted by molar-refractivity contribution is 5.54. The van der Waals surface area contributed by atoms with E-state index < -0.39 is 0 Å². The fourth-order valence-electron chi connectivity index (χ4n) is 1.24. The molecule has 4 nitrogen and oxygen atoms in total. The minimum absolute atomic E-state index is 0.0837. The van der Waals surface area contributed by atoms with Crippen molar-refractivity contribution in [2.75, 3.05) is 25.3 Å². The van der Waals surface area contributed by atoms with Gasteiger partial charge in [-0.15, -0.1) is 0 Å². The number of hydrogen-bond donors (Lipinski definition) is 2. The second-order valence-corrected chi connectivity index (χ2v) is 2.69. The molecular weight excluding hydrogens is 170 g/mol. The molecule has 1 heterocycles. The Morgan fingerprint density at radius 3 is 2.77 bits per heavy atom. The van der Waals surface area contributed by atoms with Crippen LogP contribution in [0.15, 0.2) is 18.2 Å². The van der Waals surface area contributed by atoms with Crippen molar-refractivity contribution in [1.82, 2.24) is 0 Å². The Hall–Kier alpha value is -1.42. The van der Waals surface area contributed by atoms with Gasteiger partial charge in [0.2, 0.25) is 0 Å². The summed E-state index contributed by atoms with van der Waals surface area (Å²) in [6, 6.07) is 5.47. The molecule has 0 aliphatic carbocycles. The molecule has 0 aromatic heterocycles. The van der Waals surface area contributed by atoms with Crippen LogP contribution in [-0.2, 0) is 0 Å². The molecule has 0 spiro atoms. The van der Waals surface area contributed by atoms with E-state index in [4.69, 9.17) is 14.6 Å². The Kier molecular flexibility index (Phi) is 2.23. The van der Waals surface area contributed by atoms with Gasteiger partial charge in [-0.1, -0.05) is 0 Å². The van der Waals surface area contributed by atoms with Gasteiger partial charge < -0.3 is 19.9 Å². The van der Waals surface area contributed by atoms with Crippen LogP contribution in [0.5, 0.6) is 11.5 Å². The van der Waals surface area contributed by atoms with Crippen molar-refractivity contribution < 1.29 is 14.6 Å². The lowest BCUT2D eigenvalue weighted by Crippen LogP contribution is -2.15. The van der Waals surface area contributed by atoms with Crippen molar-refractivity contribution in [3.63, 3.8) is 0 Å². The predicted molar refractivity (Wildman–Crippen MR) is 48.1 cm³/mol. The highest BCUT2D eigenvalue weighted by Crippen LogP contribution is 2.32. The van der Waals surface area contributed by atoms with E-state index >= 15 is 0 Å². The molecule has 2 N–H and O–H groups in total. The van der Waals surface area contributed by atoms with E-state index in [1.807, 2.05) is 18.2 Å². The molecule has 1 aromatic rings. The zero-order valence-electron chi connectivity index (χ0n) is 7.12. The Balaban J connectivity index is 2.24. The lowest BCUT2D eigenvalue weighted by atomic mass is 10.2. The second kappa shape index (κ2) is 3.53. The molecule has 0 saturated heterocycles. The predicted octanol–water partition coefficient (Wildman–Crippen LogP) is 0.819. The molecule has 0 fully saturated rings. The molecule has 2 rings (SSSR count). The smallest absolute Gasteiger partial charge is 0.163 e. The number of hydrogen-bond acceptors (Lipinski definition) is 4. The maximum Gasteiger partial charge on any atom is 0.163 e. The first kappa shape index (κ1) is 8.19. The van der Waals surface area contributed by atoms with Gasteiger partial charge in [-0.05, 0) is 12.1 Å². The van der Waals surface area contributed by atoms with E-state index in [1.165, 1.54) is 0 Å². The number of rotatable bonds is 2. The van der Waals surface area contributed by atoms with Crippen molar-refractivity contribution in [3.05, 3.63) is 18.2 Å². The molecule has 0 atom stereocenters. The van der Waals surface area contributed by atoms with Gasteiger partial charge in [0, 0.05) is 11.8 Å². The van der Waals surface area contributed by atoms with Gasteiger partial charge in [0.15, 0.2) is 11.5 Å². The first-order chi connectivity index (χ1) is 6.40.